The molecule has 0 spiro atoms. The van der Waals surface area contributed by atoms with Crippen molar-refractivity contribution in [3.63, 3.8) is 0 Å². The van der Waals surface area contributed by atoms with Gasteiger partial charge < -0.3 is 19.3 Å². The Kier molecular flexibility index (Phi) is 6.12. The van der Waals surface area contributed by atoms with Gasteiger partial charge in [-0.1, -0.05) is 37.2 Å². The third-order valence-corrected chi connectivity index (χ3v) is 5.19. The van der Waals surface area contributed by atoms with Crippen molar-refractivity contribution in [2.24, 2.45) is 0 Å². The Morgan fingerprint density at radius 3 is 2.61 bits per heavy atom. The highest BCUT2D eigenvalue weighted by Crippen LogP contribution is 2.30. The van der Waals surface area contributed by atoms with Crippen LogP contribution in [-0.4, -0.2) is 34.8 Å². The second-order valence-electron chi connectivity index (χ2n) is 7.73. The maximum Gasteiger partial charge on any atom is 0.258 e. The van der Waals surface area contributed by atoms with Crippen LogP contribution in [0.3, 0.4) is 0 Å². The Balaban J connectivity index is 1.68. The van der Waals surface area contributed by atoms with Crippen LogP contribution in [0.25, 0.3) is 22.4 Å². The maximum absolute atomic E-state index is 13.0. The average molecular weight is 448 g/mol. The molecule has 9 nitrogen and oxygen atoms in total. The smallest absolute Gasteiger partial charge is 0.258 e. The molecule has 0 saturated heterocycles. The molecule has 2 heterocycles. The first kappa shape index (κ1) is 22.1. The number of anilines is 1. The Morgan fingerprint density at radius 1 is 1.12 bits per heavy atom. The number of rotatable bonds is 7. The highest BCUT2D eigenvalue weighted by atomic mass is 16.5. The van der Waals surface area contributed by atoms with Gasteiger partial charge in [-0.2, -0.15) is 4.98 Å². The molecule has 33 heavy (non-hydrogen) atoms. The number of carbonyl (C=O) groups excluding carboxylic acids is 1. The first-order valence-electron chi connectivity index (χ1n) is 10.4. The van der Waals surface area contributed by atoms with Gasteiger partial charge in [0, 0.05) is 23.4 Å². The lowest BCUT2D eigenvalue weighted by molar-refractivity contribution is -0.116. The van der Waals surface area contributed by atoms with Gasteiger partial charge in [0.2, 0.25) is 5.91 Å². The number of ether oxygens (including phenoxy) is 2. The van der Waals surface area contributed by atoms with E-state index in [0.29, 0.717) is 34.1 Å². The summed E-state index contributed by atoms with van der Waals surface area (Å²) in [6.07, 6.45) is 0. The van der Waals surface area contributed by atoms with Crippen molar-refractivity contribution in [1.82, 2.24) is 14.7 Å². The van der Waals surface area contributed by atoms with Gasteiger partial charge in [-0.15, -0.1) is 0 Å². The van der Waals surface area contributed by atoms with E-state index >= 15 is 0 Å². The summed E-state index contributed by atoms with van der Waals surface area (Å²) in [6.45, 7) is 3.73. The van der Waals surface area contributed by atoms with Gasteiger partial charge in [-0.3, -0.25) is 14.2 Å². The SMILES string of the molecule is COc1ccc(NC(=O)Cn2c(=O)cc(-c3nc(C(C)C)no3)c3ccccc32)c(OC)c1. The molecule has 0 radical (unpaired) electrons. The summed E-state index contributed by atoms with van der Waals surface area (Å²) in [5.41, 5.74) is 1.24. The van der Waals surface area contributed by atoms with Gasteiger partial charge in [0.05, 0.1) is 31.0 Å². The monoisotopic (exact) mass is 448 g/mol. The summed E-state index contributed by atoms with van der Waals surface area (Å²) >= 11 is 0. The van der Waals surface area contributed by atoms with Crippen molar-refractivity contribution in [3.8, 4) is 23.0 Å². The van der Waals surface area contributed by atoms with E-state index in [1.807, 2.05) is 26.0 Å². The van der Waals surface area contributed by atoms with E-state index in [4.69, 9.17) is 14.0 Å². The first-order valence-corrected chi connectivity index (χ1v) is 10.4. The highest BCUT2D eigenvalue weighted by Gasteiger charge is 2.18. The van der Waals surface area contributed by atoms with Crippen LogP contribution in [0.2, 0.25) is 0 Å². The molecule has 0 unspecified atom stereocenters. The lowest BCUT2D eigenvalue weighted by atomic mass is 10.1. The molecule has 9 heteroatoms. The Bertz CT molecular complexity index is 1370. The fraction of sp³-hybridized carbons (Fsp3) is 0.250. The van der Waals surface area contributed by atoms with Gasteiger partial charge in [-0.25, -0.2) is 0 Å². The molecule has 0 fully saturated rings. The third-order valence-electron chi connectivity index (χ3n) is 5.19. The molecule has 2 aromatic carbocycles. The molecule has 0 atom stereocenters. The standard InChI is InChI=1S/C24H24N4O5/c1-14(2)23-26-24(33-27-23)17-12-22(30)28(19-8-6-5-7-16(17)19)13-21(29)25-18-10-9-15(31-3)11-20(18)32-4/h5-12,14H,13H2,1-4H3,(H,25,29). The average Bonchev–Trinajstić information content (AvgIpc) is 3.31. The summed E-state index contributed by atoms with van der Waals surface area (Å²) < 4.78 is 17.3. The van der Waals surface area contributed by atoms with E-state index in [1.165, 1.54) is 17.7 Å². The van der Waals surface area contributed by atoms with Crippen LogP contribution in [0.1, 0.15) is 25.6 Å². The van der Waals surface area contributed by atoms with Crippen LogP contribution >= 0.6 is 0 Å². The second-order valence-corrected chi connectivity index (χ2v) is 7.73. The molecule has 2 aromatic heterocycles. The summed E-state index contributed by atoms with van der Waals surface area (Å²) in [6, 6.07) is 13.8. The highest BCUT2D eigenvalue weighted by molar-refractivity contribution is 5.96. The molecular weight excluding hydrogens is 424 g/mol. The van der Waals surface area contributed by atoms with Crippen molar-refractivity contribution >= 4 is 22.5 Å². The molecule has 4 rings (SSSR count). The zero-order chi connectivity index (χ0) is 23.5. The van der Waals surface area contributed by atoms with Crippen LogP contribution in [0.15, 0.2) is 57.8 Å². The van der Waals surface area contributed by atoms with E-state index in [1.54, 1.807) is 37.4 Å². The van der Waals surface area contributed by atoms with E-state index in [9.17, 15) is 9.59 Å². The van der Waals surface area contributed by atoms with E-state index < -0.39 is 0 Å². The van der Waals surface area contributed by atoms with Crippen LogP contribution in [0.5, 0.6) is 11.5 Å². The minimum atomic E-state index is -0.377. The number of para-hydroxylation sites is 1. The Labute approximate surface area is 189 Å². The summed E-state index contributed by atoms with van der Waals surface area (Å²) in [7, 11) is 3.05. The van der Waals surface area contributed by atoms with E-state index in [0.717, 1.165) is 5.39 Å². The normalized spacial score (nSPS) is 11.1. The first-order chi connectivity index (χ1) is 15.9. The van der Waals surface area contributed by atoms with Gasteiger partial charge in [0.25, 0.3) is 11.4 Å². The second kappa shape index (κ2) is 9.15. The number of methoxy groups -OCH3 is 2. The summed E-state index contributed by atoms with van der Waals surface area (Å²) in [4.78, 5) is 30.3. The molecule has 0 aliphatic carbocycles. The Morgan fingerprint density at radius 2 is 1.91 bits per heavy atom. The summed E-state index contributed by atoms with van der Waals surface area (Å²) in [5.74, 6) is 1.60. The number of nitrogens with zero attached hydrogens (tertiary/aromatic N) is 3. The molecule has 1 amide bonds. The van der Waals surface area contributed by atoms with Crippen LogP contribution in [0.4, 0.5) is 5.69 Å². The fourth-order valence-corrected chi connectivity index (χ4v) is 3.49. The van der Waals surface area contributed by atoms with Gasteiger partial charge in [-0.05, 0) is 18.2 Å². The lowest BCUT2D eigenvalue weighted by Gasteiger charge is -2.14. The van der Waals surface area contributed by atoms with Gasteiger partial charge in [0.15, 0.2) is 5.82 Å². The van der Waals surface area contributed by atoms with Crippen LogP contribution < -0.4 is 20.3 Å². The molecule has 170 valence electrons. The third kappa shape index (κ3) is 4.43. The number of nitrogens with one attached hydrogen (secondary N) is 1. The summed E-state index contributed by atoms with van der Waals surface area (Å²) in [5, 5.41) is 7.52. The minimum Gasteiger partial charge on any atom is -0.497 e. The number of carbonyl (C=O) groups is 1. The predicted molar refractivity (Wildman–Crippen MR) is 124 cm³/mol. The van der Waals surface area contributed by atoms with Crippen molar-refractivity contribution in [1.29, 1.82) is 0 Å². The largest absolute Gasteiger partial charge is 0.497 e. The van der Waals surface area contributed by atoms with Crippen molar-refractivity contribution in [2.45, 2.75) is 26.3 Å². The van der Waals surface area contributed by atoms with E-state index in [2.05, 4.69) is 15.5 Å². The number of pyridine rings is 1. The van der Waals surface area contributed by atoms with Crippen molar-refractivity contribution in [2.75, 3.05) is 19.5 Å². The number of hydrogen-bond donors (Lipinski definition) is 1. The quantitative estimate of drug-likeness (QED) is 0.458. The van der Waals surface area contributed by atoms with Crippen molar-refractivity contribution < 1.29 is 18.8 Å². The van der Waals surface area contributed by atoms with Gasteiger partial charge in [0.1, 0.15) is 18.0 Å². The topological polar surface area (TPSA) is 108 Å². The van der Waals surface area contributed by atoms with Gasteiger partial charge >= 0.3 is 0 Å². The molecule has 0 saturated carbocycles. The molecule has 0 aliphatic heterocycles. The fourth-order valence-electron chi connectivity index (χ4n) is 3.49. The number of aromatic nitrogens is 3. The predicted octanol–water partition coefficient (Wildman–Crippen LogP) is 3.83. The molecule has 0 aliphatic rings. The Hall–Kier alpha value is -4.14. The molecular formula is C24H24N4O5. The van der Waals surface area contributed by atoms with E-state index in [-0.39, 0.29) is 29.8 Å². The zero-order valence-electron chi connectivity index (χ0n) is 18.8. The number of amides is 1. The number of fused-ring (bicyclic) bond motifs is 1. The number of benzene rings is 2. The molecule has 4 aromatic rings. The molecule has 0 bridgehead atoms. The van der Waals surface area contributed by atoms with Crippen LogP contribution in [0, 0.1) is 0 Å². The van der Waals surface area contributed by atoms with Crippen LogP contribution in [-0.2, 0) is 11.3 Å². The lowest BCUT2D eigenvalue weighted by Crippen LogP contribution is -2.28. The minimum absolute atomic E-state index is 0.0905. The molecule has 1 N–H and O–H groups in total. The van der Waals surface area contributed by atoms with Crippen molar-refractivity contribution in [3.05, 3.63) is 64.7 Å². The maximum atomic E-state index is 13.0. The number of hydrogen-bond acceptors (Lipinski definition) is 7. The zero-order valence-corrected chi connectivity index (χ0v) is 18.8.